The number of amides is 2. The van der Waals surface area contributed by atoms with Crippen LogP contribution in [0.5, 0.6) is 0 Å². The van der Waals surface area contributed by atoms with Crippen molar-refractivity contribution in [1.82, 2.24) is 10.2 Å². The molecule has 0 saturated heterocycles. The molecule has 7 nitrogen and oxygen atoms in total. The zero-order chi connectivity index (χ0) is 31.0. The first kappa shape index (κ1) is 31.9. The SMILES string of the molecule is CCNC(=O)[C@H](Cc1ccccc1)N(Cc1ccc(Br)cc1)C(=O)CN(c1ccc(C)cc1)S(=O)(=O)c1ccc(F)cc1. The third-order valence-corrected chi connectivity index (χ3v) is 9.21. The monoisotopic (exact) mass is 665 g/mol. The summed E-state index contributed by atoms with van der Waals surface area (Å²) in [5, 5.41) is 2.84. The summed E-state index contributed by atoms with van der Waals surface area (Å²) in [7, 11) is -4.29. The normalized spacial score (nSPS) is 11.9. The second kappa shape index (κ2) is 14.4. The van der Waals surface area contributed by atoms with Crippen LogP contribution in [0, 0.1) is 12.7 Å². The van der Waals surface area contributed by atoms with Gasteiger partial charge in [0.15, 0.2) is 0 Å². The van der Waals surface area contributed by atoms with Crippen molar-refractivity contribution in [1.29, 1.82) is 0 Å². The molecular formula is C33H33BrFN3O4S. The molecule has 0 saturated carbocycles. The van der Waals surface area contributed by atoms with Gasteiger partial charge in [-0.25, -0.2) is 12.8 Å². The Labute approximate surface area is 260 Å². The topological polar surface area (TPSA) is 86.8 Å². The molecule has 0 bridgehead atoms. The third-order valence-electron chi connectivity index (χ3n) is 6.89. The smallest absolute Gasteiger partial charge is 0.264 e. The molecule has 1 atom stereocenters. The Morgan fingerprint density at radius 1 is 0.860 bits per heavy atom. The second-order valence-corrected chi connectivity index (χ2v) is 12.8. The van der Waals surface area contributed by atoms with Crippen LogP contribution in [0.3, 0.4) is 0 Å². The molecule has 0 fully saturated rings. The molecule has 0 aliphatic rings. The van der Waals surface area contributed by atoms with E-state index in [1.54, 1.807) is 31.2 Å². The van der Waals surface area contributed by atoms with Gasteiger partial charge in [-0.2, -0.15) is 0 Å². The van der Waals surface area contributed by atoms with Crippen molar-refractivity contribution in [2.24, 2.45) is 0 Å². The van der Waals surface area contributed by atoms with E-state index in [-0.39, 0.29) is 29.5 Å². The van der Waals surface area contributed by atoms with Gasteiger partial charge in [0.05, 0.1) is 10.6 Å². The van der Waals surface area contributed by atoms with Gasteiger partial charge in [-0.15, -0.1) is 0 Å². The molecule has 0 radical (unpaired) electrons. The van der Waals surface area contributed by atoms with Crippen molar-refractivity contribution in [2.75, 3.05) is 17.4 Å². The standard InChI is InChI=1S/C33H33BrFN3O4S/c1-3-36-33(40)31(21-25-7-5-4-6-8-25)37(22-26-11-13-27(34)14-12-26)32(39)23-38(29-17-9-24(2)10-18-29)43(41,42)30-19-15-28(35)16-20-30/h4-20,31H,3,21-23H2,1-2H3,(H,36,40)/t31-/m0/s1. The molecule has 0 aliphatic heterocycles. The lowest BCUT2D eigenvalue weighted by atomic mass is 10.0. The highest BCUT2D eigenvalue weighted by Gasteiger charge is 2.34. The van der Waals surface area contributed by atoms with Gasteiger partial charge in [-0.1, -0.05) is 76.1 Å². The minimum absolute atomic E-state index is 0.0685. The van der Waals surface area contributed by atoms with E-state index in [2.05, 4.69) is 21.2 Å². The zero-order valence-corrected chi connectivity index (χ0v) is 26.3. The van der Waals surface area contributed by atoms with Crippen LogP contribution >= 0.6 is 15.9 Å². The van der Waals surface area contributed by atoms with Crippen LogP contribution in [0.25, 0.3) is 0 Å². The van der Waals surface area contributed by atoms with E-state index in [0.29, 0.717) is 6.54 Å². The number of anilines is 1. The fraction of sp³-hybridized carbons (Fsp3) is 0.212. The number of sulfonamides is 1. The molecule has 1 N–H and O–H groups in total. The fourth-order valence-electron chi connectivity index (χ4n) is 4.61. The first-order valence-electron chi connectivity index (χ1n) is 13.8. The Morgan fingerprint density at radius 2 is 1.49 bits per heavy atom. The van der Waals surface area contributed by atoms with Gasteiger partial charge in [0.1, 0.15) is 18.4 Å². The first-order chi connectivity index (χ1) is 20.6. The zero-order valence-electron chi connectivity index (χ0n) is 23.9. The summed E-state index contributed by atoms with van der Waals surface area (Å²) in [5.41, 5.74) is 2.79. The number of halogens is 2. The molecule has 10 heteroatoms. The summed E-state index contributed by atoms with van der Waals surface area (Å²) >= 11 is 3.43. The number of carbonyl (C=O) groups is 2. The molecule has 0 heterocycles. The van der Waals surface area contributed by atoms with Crippen molar-refractivity contribution in [3.05, 3.63) is 130 Å². The lowest BCUT2D eigenvalue weighted by Gasteiger charge is -2.34. The van der Waals surface area contributed by atoms with Gasteiger partial charge in [0, 0.05) is 24.0 Å². The Kier molecular flexibility index (Phi) is 10.7. The number of benzene rings is 4. The lowest BCUT2D eigenvalue weighted by molar-refractivity contribution is -0.140. The summed E-state index contributed by atoms with van der Waals surface area (Å²) in [6.45, 7) is 3.52. The van der Waals surface area contributed by atoms with Gasteiger partial charge in [0.2, 0.25) is 11.8 Å². The highest BCUT2D eigenvalue weighted by molar-refractivity contribution is 9.10. The van der Waals surface area contributed by atoms with Gasteiger partial charge in [-0.3, -0.25) is 13.9 Å². The maximum absolute atomic E-state index is 14.3. The first-order valence-corrected chi connectivity index (χ1v) is 16.0. The fourth-order valence-corrected chi connectivity index (χ4v) is 6.28. The van der Waals surface area contributed by atoms with Crippen LogP contribution < -0.4 is 9.62 Å². The van der Waals surface area contributed by atoms with Crippen LogP contribution in [0.2, 0.25) is 0 Å². The molecule has 0 spiro atoms. The van der Waals surface area contributed by atoms with E-state index in [1.807, 2.05) is 61.5 Å². The number of likely N-dealkylation sites (N-methyl/N-ethyl adjacent to an activating group) is 1. The van der Waals surface area contributed by atoms with E-state index in [0.717, 1.165) is 37.6 Å². The minimum atomic E-state index is -4.29. The van der Waals surface area contributed by atoms with Crippen molar-refractivity contribution in [2.45, 2.75) is 37.8 Å². The molecule has 4 rings (SSSR count). The van der Waals surface area contributed by atoms with Gasteiger partial charge in [0.25, 0.3) is 10.0 Å². The van der Waals surface area contributed by atoms with Crippen LogP contribution in [0.15, 0.2) is 112 Å². The molecule has 4 aromatic carbocycles. The molecule has 0 aromatic heterocycles. The van der Waals surface area contributed by atoms with E-state index in [1.165, 1.54) is 17.0 Å². The number of nitrogens with zero attached hydrogens (tertiary/aromatic N) is 2. The summed E-state index contributed by atoms with van der Waals surface area (Å²) < 4.78 is 43.4. The maximum Gasteiger partial charge on any atom is 0.264 e. The van der Waals surface area contributed by atoms with E-state index < -0.39 is 34.3 Å². The number of carbonyl (C=O) groups excluding carboxylic acids is 2. The predicted molar refractivity (Wildman–Crippen MR) is 169 cm³/mol. The summed E-state index contributed by atoms with van der Waals surface area (Å²) in [6.07, 6.45) is 0.226. The number of hydrogen-bond acceptors (Lipinski definition) is 4. The highest BCUT2D eigenvalue weighted by atomic mass is 79.9. The van der Waals surface area contributed by atoms with Gasteiger partial charge in [-0.05, 0) is 73.5 Å². The Bertz CT molecular complexity index is 1630. The van der Waals surface area contributed by atoms with Crippen LogP contribution in [-0.2, 0) is 32.6 Å². The number of rotatable bonds is 12. The van der Waals surface area contributed by atoms with Crippen molar-refractivity contribution < 1.29 is 22.4 Å². The third kappa shape index (κ3) is 8.30. The van der Waals surface area contributed by atoms with E-state index >= 15 is 0 Å². The number of nitrogens with one attached hydrogen (secondary N) is 1. The summed E-state index contributed by atoms with van der Waals surface area (Å²) in [5.74, 6) is -1.50. The largest absolute Gasteiger partial charge is 0.355 e. The average molecular weight is 667 g/mol. The predicted octanol–water partition coefficient (Wildman–Crippen LogP) is 5.87. The van der Waals surface area contributed by atoms with Crippen LogP contribution in [0.1, 0.15) is 23.6 Å². The van der Waals surface area contributed by atoms with Crippen LogP contribution in [-0.4, -0.2) is 44.3 Å². The molecule has 4 aromatic rings. The van der Waals surface area contributed by atoms with Crippen molar-refractivity contribution >= 4 is 43.5 Å². The van der Waals surface area contributed by atoms with Gasteiger partial charge < -0.3 is 10.2 Å². The Hall–Kier alpha value is -4.02. The highest BCUT2D eigenvalue weighted by Crippen LogP contribution is 2.26. The quantitative estimate of drug-likeness (QED) is 0.205. The van der Waals surface area contributed by atoms with Crippen molar-refractivity contribution in [3.8, 4) is 0 Å². The minimum Gasteiger partial charge on any atom is -0.355 e. The Balaban J connectivity index is 1.78. The van der Waals surface area contributed by atoms with Crippen molar-refractivity contribution in [3.63, 3.8) is 0 Å². The van der Waals surface area contributed by atoms with Gasteiger partial charge >= 0.3 is 0 Å². The average Bonchev–Trinajstić information content (AvgIpc) is 3.00. The summed E-state index contributed by atoms with van der Waals surface area (Å²) in [4.78, 5) is 29.1. The van der Waals surface area contributed by atoms with E-state index in [9.17, 15) is 22.4 Å². The second-order valence-electron chi connectivity index (χ2n) is 10.0. The van der Waals surface area contributed by atoms with E-state index in [4.69, 9.17) is 0 Å². The molecule has 43 heavy (non-hydrogen) atoms. The molecule has 224 valence electrons. The molecule has 2 amide bonds. The molecular weight excluding hydrogens is 633 g/mol. The summed E-state index contributed by atoms with van der Waals surface area (Å²) in [6, 6.07) is 27.0. The lowest BCUT2D eigenvalue weighted by Crippen LogP contribution is -2.53. The number of hydrogen-bond donors (Lipinski definition) is 1. The maximum atomic E-state index is 14.3. The molecule has 0 aliphatic carbocycles. The molecule has 0 unspecified atom stereocenters. The Morgan fingerprint density at radius 3 is 2.09 bits per heavy atom. The number of aryl methyl sites for hydroxylation is 1. The van der Waals surface area contributed by atoms with Crippen LogP contribution in [0.4, 0.5) is 10.1 Å².